The van der Waals surface area contributed by atoms with Crippen LogP contribution in [0.15, 0.2) is 95.9 Å². The molecule has 0 spiro atoms. The van der Waals surface area contributed by atoms with Crippen molar-refractivity contribution in [3.8, 4) is 11.5 Å². The van der Waals surface area contributed by atoms with Gasteiger partial charge >= 0.3 is 7.82 Å². The molecule has 3 aromatic rings. The van der Waals surface area contributed by atoms with Gasteiger partial charge in [-0.05, 0) is 55.0 Å². The molecule has 0 unspecified atom stereocenters. The number of sulfonamides is 1. The molecule has 0 amide bonds. The molecule has 3 aromatic carbocycles. The zero-order chi connectivity index (χ0) is 31.6. The first-order chi connectivity index (χ1) is 21.0. The number of rotatable bonds is 15. The van der Waals surface area contributed by atoms with Gasteiger partial charge in [0, 0.05) is 12.6 Å². The van der Waals surface area contributed by atoms with Crippen LogP contribution in [0.25, 0.3) is 0 Å². The van der Waals surface area contributed by atoms with E-state index in [4.69, 9.17) is 13.6 Å². The second-order valence-corrected chi connectivity index (χ2v) is 13.5. The van der Waals surface area contributed by atoms with E-state index in [1.54, 1.807) is 66.7 Å². The van der Waals surface area contributed by atoms with E-state index >= 15 is 0 Å². The summed E-state index contributed by atoms with van der Waals surface area (Å²) < 4.78 is 59.1. The fourth-order valence-corrected chi connectivity index (χ4v) is 7.38. The van der Waals surface area contributed by atoms with Crippen LogP contribution in [0.1, 0.15) is 38.5 Å². The highest BCUT2D eigenvalue weighted by atomic mass is 32.2. The summed E-state index contributed by atoms with van der Waals surface area (Å²) in [5.41, 5.74) is -1.94. The van der Waals surface area contributed by atoms with Crippen molar-refractivity contribution in [1.82, 2.24) is 4.72 Å². The molecule has 1 aliphatic carbocycles. The minimum Gasteiger partial charge on any atom is -0.395 e. The molecule has 0 heterocycles. The predicted octanol–water partition coefficient (Wildman–Crippen LogP) is 6.96. The van der Waals surface area contributed by atoms with Crippen molar-refractivity contribution in [3.63, 3.8) is 0 Å². The van der Waals surface area contributed by atoms with Gasteiger partial charge in [0.25, 0.3) is 11.4 Å². The lowest BCUT2D eigenvalue weighted by molar-refractivity contribution is -0.396. The van der Waals surface area contributed by atoms with Gasteiger partial charge in [-0.1, -0.05) is 67.8 Å². The molecule has 0 bridgehead atoms. The average Bonchev–Trinajstić information content (AvgIpc) is 3.01. The molecule has 0 saturated heterocycles. The van der Waals surface area contributed by atoms with Crippen molar-refractivity contribution in [3.05, 3.63) is 111 Å². The Morgan fingerprint density at radius 3 is 1.98 bits per heavy atom. The Hall–Kier alpha value is -4.10. The minimum atomic E-state index is -4.36. The molecule has 1 aliphatic rings. The maximum atomic E-state index is 13.5. The molecule has 234 valence electrons. The number of para-hydroxylation sites is 2. The van der Waals surface area contributed by atoms with Gasteiger partial charge in [-0.2, -0.15) is 0 Å². The zero-order valence-corrected chi connectivity index (χ0v) is 25.4. The lowest BCUT2D eigenvalue weighted by Crippen LogP contribution is -2.39. The van der Waals surface area contributed by atoms with Crippen LogP contribution in [0.5, 0.6) is 11.5 Å². The van der Waals surface area contributed by atoms with Gasteiger partial charge in [0.2, 0.25) is 10.0 Å². The van der Waals surface area contributed by atoms with Gasteiger partial charge < -0.3 is 9.05 Å². The van der Waals surface area contributed by atoms with Crippen LogP contribution in [0.3, 0.4) is 0 Å². The molecular formula is C29H32N3O10PS. The van der Waals surface area contributed by atoms with Crippen molar-refractivity contribution >= 4 is 29.2 Å². The number of benzene rings is 3. The first-order valence-corrected chi connectivity index (χ1v) is 16.8. The fraction of sp³-hybridized carbons (Fsp3) is 0.310. The Kier molecular flexibility index (Phi) is 10.9. The van der Waals surface area contributed by atoms with Crippen LogP contribution < -0.4 is 13.8 Å². The van der Waals surface area contributed by atoms with Crippen molar-refractivity contribution < 1.29 is 36.4 Å². The second-order valence-electron chi connectivity index (χ2n) is 10.3. The summed E-state index contributed by atoms with van der Waals surface area (Å²) in [5.74, 6) is 0.606. The molecule has 0 aromatic heterocycles. The molecular weight excluding hydrogens is 613 g/mol. The fourth-order valence-electron chi connectivity index (χ4n) is 4.90. The summed E-state index contributed by atoms with van der Waals surface area (Å²) in [6.45, 7) is -0.116. The topological polar surface area (TPSA) is 177 Å². The maximum Gasteiger partial charge on any atom is 0.587 e. The smallest absolute Gasteiger partial charge is 0.395 e. The van der Waals surface area contributed by atoms with Gasteiger partial charge in [-0.15, -0.1) is 0 Å². The third-order valence-electron chi connectivity index (χ3n) is 7.16. The maximum absolute atomic E-state index is 13.5. The number of hydrogen-bond donors (Lipinski definition) is 1. The highest BCUT2D eigenvalue weighted by Crippen LogP contribution is 2.49. The monoisotopic (exact) mass is 645 g/mol. The van der Waals surface area contributed by atoms with Gasteiger partial charge in [-0.3, -0.25) is 24.8 Å². The molecule has 13 nitrogen and oxygen atoms in total. The molecule has 44 heavy (non-hydrogen) atoms. The Labute approximate surface area is 254 Å². The number of allylic oxidation sites excluding steroid dienone is 1. The van der Waals surface area contributed by atoms with Crippen LogP contribution in [0.2, 0.25) is 0 Å². The van der Waals surface area contributed by atoms with Gasteiger partial charge in [0.15, 0.2) is 4.90 Å². The summed E-state index contributed by atoms with van der Waals surface area (Å²) in [6, 6.07) is 19.4. The molecule has 1 saturated carbocycles. The van der Waals surface area contributed by atoms with Crippen LogP contribution >= 0.6 is 7.82 Å². The van der Waals surface area contributed by atoms with Crippen molar-refractivity contribution in [2.45, 2.75) is 43.4 Å². The number of nitrogens with one attached hydrogen (secondary N) is 1. The molecule has 15 heteroatoms. The number of hydrogen-bond acceptors (Lipinski definition) is 10. The quantitative estimate of drug-likeness (QED) is 0.0786. The third-order valence-corrected chi connectivity index (χ3v) is 9.94. The Morgan fingerprint density at radius 1 is 0.841 bits per heavy atom. The van der Waals surface area contributed by atoms with E-state index in [0.29, 0.717) is 36.8 Å². The highest BCUT2D eigenvalue weighted by molar-refractivity contribution is 7.89. The van der Waals surface area contributed by atoms with E-state index in [1.165, 1.54) is 0 Å². The largest absolute Gasteiger partial charge is 0.587 e. The van der Waals surface area contributed by atoms with Gasteiger partial charge in [-0.25, -0.2) is 17.7 Å². The van der Waals surface area contributed by atoms with Gasteiger partial charge in [0.1, 0.15) is 11.5 Å². The molecule has 1 fully saturated rings. The van der Waals surface area contributed by atoms with E-state index in [1.807, 2.05) is 6.08 Å². The number of nitro benzene ring substituents is 2. The van der Waals surface area contributed by atoms with E-state index in [9.17, 15) is 33.2 Å². The SMILES string of the molecule is O=[N+]([O-])c1ccc(S(=O)(=O)NCC2(C/C=C/COP(=O)(Oc3ccccc3)Oc3ccccc3)CCCCC2)c([N+](=O)[O-])c1. The molecule has 0 radical (unpaired) electrons. The summed E-state index contributed by atoms with van der Waals surface area (Å²) in [4.78, 5) is 20.1. The number of phosphoric acid groups is 1. The van der Waals surface area contributed by atoms with Crippen molar-refractivity contribution in [1.29, 1.82) is 0 Å². The lowest BCUT2D eigenvalue weighted by Gasteiger charge is -2.36. The molecule has 1 N–H and O–H groups in total. The summed E-state index contributed by atoms with van der Waals surface area (Å²) in [5, 5.41) is 22.6. The number of nitrogens with zero attached hydrogens (tertiary/aromatic N) is 2. The van der Waals surface area contributed by atoms with E-state index in [2.05, 4.69) is 4.72 Å². The van der Waals surface area contributed by atoms with Gasteiger partial charge in [0.05, 0.1) is 22.5 Å². The van der Waals surface area contributed by atoms with Crippen LogP contribution in [0, 0.1) is 25.6 Å². The first-order valence-electron chi connectivity index (χ1n) is 13.8. The average molecular weight is 646 g/mol. The standard InChI is InChI=1S/C29H32N3O10PS/c33-31(34)24-16-17-28(27(22-24)32(35)36)44(38,39)30-23-29(18-8-3-9-19-29)20-10-11-21-40-43(37,41-25-12-4-1-5-13-25)42-26-14-6-2-7-15-26/h1-2,4-7,10-17,22,30H,3,8-9,18-21,23H2/b11-10+. The summed E-state index contributed by atoms with van der Waals surface area (Å²) in [6.07, 6.45) is 8.05. The first kappa shape index (κ1) is 32.8. The van der Waals surface area contributed by atoms with Crippen molar-refractivity contribution in [2.75, 3.05) is 13.2 Å². The Bertz CT molecular complexity index is 1580. The molecule has 0 atom stereocenters. The van der Waals surface area contributed by atoms with E-state index < -0.39 is 49.4 Å². The predicted molar refractivity (Wildman–Crippen MR) is 162 cm³/mol. The van der Waals surface area contributed by atoms with E-state index in [-0.39, 0.29) is 13.2 Å². The van der Waals surface area contributed by atoms with Crippen LogP contribution in [0.4, 0.5) is 11.4 Å². The number of non-ortho nitro benzene ring substituents is 1. The minimum absolute atomic E-state index is 0.00139. The second kappa shape index (κ2) is 14.6. The van der Waals surface area contributed by atoms with Crippen LogP contribution in [-0.4, -0.2) is 31.4 Å². The lowest BCUT2D eigenvalue weighted by atomic mass is 9.72. The Morgan fingerprint density at radius 2 is 1.43 bits per heavy atom. The molecule has 4 rings (SSSR count). The number of phosphoric ester groups is 1. The third kappa shape index (κ3) is 8.96. The zero-order valence-electron chi connectivity index (χ0n) is 23.6. The number of nitro groups is 2. The van der Waals surface area contributed by atoms with Crippen LogP contribution in [-0.2, 0) is 19.1 Å². The summed E-state index contributed by atoms with van der Waals surface area (Å²) in [7, 11) is -8.45. The highest BCUT2D eigenvalue weighted by Gasteiger charge is 2.35. The van der Waals surface area contributed by atoms with E-state index in [0.717, 1.165) is 31.4 Å². The summed E-state index contributed by atoms with van der Waals surface area (Å²) >= 11 is 0. The normalized spacial score (nSPS) is 15.1. The Balaban J connectivity index is 1.43. The van der Waals surface area contributed by atoms with Crippen molar-refractivity contribution in [2.24, 2.45) is 5.41 Å². The molecule has 0 aliphatic heterocycles.